The lowest BCUT2D eigenvalue weighted by molar-refractivity contribution is 0.0713. The van der Waals surface area contributed by atoms with Crippen LogP contribution in [0.15, 0.2) is 6.07 Å². The van der Waals surface area contributed by atoms with Crippen LogP contribution < -0.4 is 5.32 Å². The predicted octanol–water partition coefficient (Wildman–Crippen LogP) is 3.09. The normalized spacial score (nSPS) is 19.5. The summed E-state index contributed by atoms with van der Waals surface area (Å²) in [7, 11) is 0. The van der Waals surface area contributed by atoms with Gasteiger partial charge in [-0.15, -0.1) is 0 Å². The molecule has 0 amide bonds. The Hall–Kier alpha value is -1.13. The number of rotatable bonds is 4. The topological polar surface area (TPSA) is 29.9 Å². The number of fused-ring (bicyclic) bond motifs is 1. The fraction of sp³-hybridized carbons (Fsp3) is 0.750. The Kier molecular flexibility index (Phi) is 3.64. The minimum absolute atomic E-state index is 0.440. The molecule has 0 saturated carbocycles. The lowest BCUT2D eigenvalue weighted by Gasteiger charge is -2.24. The number of hydrogen-bond donors (Lipinski definition) is 1. The van der Waals surface area contributed by atoms with Gasteiger partial charge in [-0.25, -0.2) is 13.5 Å². The summed E-state index contributed by atoms with van der Waals surface area (Å²) in [4.78, 5) is 0. The van der Waals surface area contributed by atoms with E-state index in [1.54, 1.807) is 0 Å². The molecule has 1 aliphatic rings. The Morgan fingerprint density at radius 3 is 2.94 bits per heavy atom. The van der Waals surface area contributed by atoms with Gasteiger partial charge in [0, 0.05) is 12.6 Å². The molecule has 2 rings (SSSR count). The van der Waals surface area contributed by atoms with Crippen molar-refractivity contribution in [2.75, 3.05) is 11.9 Å². The maximum Gasteiger partial charge on any atom is 0.260 e. The highest BCUT2D eigenvalue weighted by Crippen LogP contribution is 2.29. The van der Waals surface area contributed by atoms with Crippen LogP contribution in [0, 0.1) is 5.92 Å². The van der Waals surface area contributed by atoms with Gasteiger partial charge in [0.1, 0.15) is 11.9 Å². The smallest absolute Gasteiger partial charge is 0.260 e. The Labute approximate surface area is 100 Å². The van der Waals surface area contributed by atoms with Crippen LogP contribution in [0.4, 0.5) is 14.6 Å². The van der Waals surface area contributed by atoms with E-state index in [1.807, 2.05) is 6.07 Å². The van der Waals surface area contributed by atoms with Crippen LogP contribution in [0.25, 0.3) is 0 Å². The van der Waals surface area contributed by atoms with Crippen molar-refractivity contribution in [3.8, 4) is 0 Å². The van der Waals surface area contributed by atoms with Crippen molar-refractivity contribution in [2.45, 2.75) is 45.6 Å². The third kappa shape index (κ3) is 2.76. The van der Waals surface area contributed by atoms with Crippen LogP contribution in [0.5, 0.6) is 0 Å². The summed E-state index contributed by atoms with van der Waals surface area (Å²) in [6.07, 6.45) is -0.00477. The number of nitrogens with zero attached hydrogens (tertiary/aromatic N) is 2. The molecule has 5 heteroatoms. The molecule has 17 heavy (non-hydrogen) atoms. The third-order valence-corrected chi connectivity index (χ3v) is 3.12. The molecule has 1 aliphatic heterocycles. The number of alkyl halides is 2. The van der Waals surface area contributed by atoms with E-state index in [4.69, 9.17) is 0 Å². The first-order chi connectivity index (χ1) is 8.08. The molecule has 2 heterocycles. The molecule has 1 unspecified atom stereocenters. The molecule has 0 bridgehead atoms. The molecular weight excluding hydrogens is 224 g/mol. The number of hydrogen-bond acceptors (Lipinski definition) is 2. The molecule has 0 aromatic carbocycles. The summed E-state index contributed by atoms with van der Waals surface area (Å²) in [5, 5.41) is 7.42. The van der Waals surface area contributed by atoms with Crippen molar-refractivity contribution in [3.05, 3.63) is 11.8 Å². The largest absolute Gasteiger partial charge is 0.370 e. The molecule has 1 atom stereocenters. The first-order valence-electron chi connectivity index (χ1n) is 6.18. The quantitative estimate of drug-likeness (QED) is 0.880. The second-order valence-corrected chi connectivity index (χ2v) is 5.02. The first kappa shape index (κ1) is 12.3. The monoisotopic (exact) mass is 243 g/mol. The highest BCUT2D eigenvalue weighted by Gasteiger charge is 2.28. The number of nitrogens with one attached hydrogen (secondary N) is 1. The first-order valence-corrected chi connectivity index (χ1v) is 6.18. The molecule has 3 nitrogen and oxygen atoms in total. The van der Waals surface area contributed by atoms with E-state index < -0.39 is 12.5 Å². The van der Waals surface area contributed by atoms with Crippen molar-refractivity contribution >= 4 is 5.82 Å². The molecule has 1 aromatic rings. The molecule has 0 radical (unpaired) electrons. The summed E-state index contributed by atoms with van der Waals surface area (Å²) in [5.74, 6) is 1.34. The van der Waals surface area contributed by atoms with Crippen molar-refractivity contribution in [1.29, 1.82) is 0 Å². The van der Waals surface area contributed by atoms with Crippen LogP contribution in [-0.4, -0.2) is 22.8 Å². The molecule has 1 N–H and O–H groups in total. The van der Waals surface area contributed by atoms with Crippen molar-refractivity contribution in [1.82, 2.24) is 9.78 Å². The fourth-order valence-electron chi connectivity index (χ4n) is 2.09. The molecular formula is C12H19F2N3. The van der Waals surface area contributed by atoms with Gasteiger partial charge in [-0.1, -0.05) is 13.8 Å². The summed E-state index contributed by atoms with van der Waals surface area (Å²) in [5.41, 5.74) is 0.911. The van der Waals surface area contributed by atoms with Gasteiger partial charge < -0.3 is 5.32 Å². The van der Waals surface area contributed by atoms with E-state index >= 15 is 0 Å². The van der Waals surface area contributed by atoms with Gasteiger partial charge in [-0.05, 0) is 25.2 Å². The second kappa shape index (κ2) is 5.02. The van der Waals surface area contributed by atoms with Crippen molar-refractivity contribution in [2.24, 2.45) is 5.92 Å². The van der Waals surface area contributed by atoms with Gasteiger partial charge in [-0.2, -0.15) is 5.10 Å². The maximum atomic E-state index is 12.8. The van der Waals surface area contributed by atoms with Crippen LogP contribution in [0.2, 0.25) is 0 Å². The van der Waals surface area contributed by atoms with Crippen LogP contribution in [0.1, 0.15) is 38.4 Å². The number of aryl methyl sites for hydroxylation is 1. The zero-order valence-electron chi connectivity index (χ0n) is 10.3. The van der Waals surface area contributed by atoms with Crippen molar-refractivity contribution < 1.29 is 8.78 Å². The summed E-state index contributed by atoms with van der Waals surface area (Å²) < 4.78 is 27.1. The Bertz CT molecular complexity index is 374. The second-order valence-electron chi connectivity index (χ2n) is 5.02. The summed E-state index contributed by atoms with van der Waals surface area (Å²) >= 11 is 0. The van der Waals surface area contributed by atoms with E-state index in [9.17, 15) is 8.78 Å². The summed E-state index contributed by atoms with van der Waals surface area (Å²) in [6.45, 7) is 4.90. The SMILES string of the molecule is CC(C)CCc1cc2n(n1)C(C(F)F)CCN2. The highest BCUT2D eigenvalue weighted by molar-refractivity contribution is 5.39. The molecule has 1 aromatic heterocycles. The van der Waals surface area contributed by atoms with E-state index in [-0.39, 0.29) is 0 Å². The standard InChI is InChI=1S/C12H19F2N3/c1-8(2)3-4-9-7-11-15-6-5-10(12(13)14)17(11)16-9/h7-8,10,12,15H,3-6H2,1-2H3. The predicted molar refractivity (Wildman–Crippen MR) is 63.5 cm³/mol. The lowest BCUT2D eigenvalue weighted by atomic mass is 10.1. The Balaban J connectivity index is 2.13. The maximum absolute atomic E-state index is 12.8. The van der Waals surface area contributed by atoms with Crippen LogP contribution in [-0.2, 0) is 6.42 Å². The van der Waals surface area contributed by atoms with Gasteiger partial charge in [0.15, 0.2) is 0 Å². The minimum atomic E-state index is -2.34. The zero-order chi connectivity index (χ0) is 12.4. The average molecular weight is 243 g/mol. The highest BCUT2D eigenvalue weighted by atomic mass is 19.3. The van der Waals surface area contributed by atoms with Crippen LogP contribution in [0.3, 0.4) is 0 Å². The Morgan fingerprint density at radius 2 is 2.29 bits per heavy atom. The third-order valence-electron chi connectivity index (χ3n) is 3.12. The van der Waals surface area contributed by atoms with E-state index in [0.29, 0.717) is 18.9 Å². The molecule has 0 fully saturated rings. The van der Waals surface area contributed by atoms with Crippen LogP contribution >= 0.6 is 0 Å². The lowest BCUT2D eigenvalue weighted by Crippen LogP contribution is -2.28. The van der Waals surface area contributed by atoms with Gasteiger partial charge in [0.25, 0.3) is 6.43 Å². The minimum Gasteiger partial charge on any atom is -0.370 e. The summed E-state index contributed by atoms with van der Waals surface area (Å²) in [6, 6.07) is 1.13. The molecule has 0 saturated heterocycles. The van der Waals surface area contributed by atoms with Gasteiger partial charge in [0.05, 0.1) is 5.69 Å². The van der Waals surface area contributed by atoms with Gasteiger partial charge >= 0.3 is 0 Å². The molecule has 0 spiro atoms. The number of halogens is 2. The fourth-order valence-corrected chi connectivity index (χ4v) is 2.09. The van der Waals surface area contributed by atoms with E-state index in [1.165, 1.54) is 4.68 Å². The zero-order valence-corrected chi connectivity index (χ0v) is 10.3. The molecule has 96 valence electrons. The van der Waals surface area contributed by atoms with Gasteiger partial charge in [-0.3, -0.25) is 0 Å². The van der Waals surface area contributed by atoms with E-state index in [0.717, 1.165) is 24.4 Å². The van der Waals surface area contributed by atoms with E-state index in [2.05, 4.69) is 24.3 Å². The number of anilines is 1. The Morgan fingerprint density at radius 1 is 1.53 bits per heavy atom. The average Bonchev–Trinajstić information content (AvgIpc) is 2.68. The number of aromatic nitrogens is 2. The molecule has 0 aliphatic carbocycles. The van der Waals surface area contributed by atoms with Crippen molar-refractivity contribution in [3.63, 3.8) is 0 Å². The van der Waals surface area contributed by atoms with Gasteiger partial charge in [0.2, 0.25) is 0 Å².